The van der Waals surface area contributed by atoms with E-state index in [1.54, 1.807) is 6.07 Å². The topological polar surface area (TPSA) is 65.2 Å². The van der Waals surface area contributed by atoms with E-state index in [9.17, 15) is 13.6 Å². The van der Waals surface area contributed by atoms with Crippen LogP contribution in [0.3, 0.4) is 0 Å². The fraction of sp³-hybridized carbons (Fsp3) is 0.400. The molecule has 0 radical (unpaired) electrons. The molecule has 0 aromatic carbocycles. The zero-order valence-electron chi connectivity index (χ0n) is 9.10. The maximum Gasteiger partial charge on any atom is 0.379 e. The molecule has 0 aliphatic carbocycles. The van der Waals surface area contributed by atoms with Crippen LogP contribution in [-0.4, -0.2) is 23.5 Å². The molecule has 0 aliphatic heterocycles. The van der Waals surface area contributed by atoms with Crippen molar-refractivity contribution in [3.8, 4) is 0 Å². The van der Waals surface area contributed by atoms with Crippen molar-refractivity contribution in [3.63, 3.8) is 0 Å². The highest BCUT2D eigenvalue weighted by Gasteiger charge is 2.48. The van der Waals surface area contributed by atoms with Gasteiger partial charge in [-0.2, -0.15) is 8.78 Å². The predicted molar refractivity (Wildman–Crippen MR) is 60.0 cm³/mol. The van der Waals surface area contributed by atoms with Gasteiger partial charge in [0, 0.05) is 6.20 Å². The van der Waals surface area contributed by atoms with Crippen molar-refractivity contribution in [2.24, 2.45) is 5.73 Å². The summed E-state index contributed by atoms with van der Waals surface area (Å²) in [6, 6.07) is 2.62. The Hall–Kier alpha value is -1.27. The van der Waals surface area contributed by atoms with Gasteiger partial charge in [0.2, 0.25) is 0 Å². The number of aromatic nitrogens is 1. The first-order chi connectivity index (χ1) is 7.50. The molecule has 96 valence electrons. The summed E-state index contributed by atoms with van der Waals surface area (Å²) in [4.78, 5) is 14.7. The predicted octanol–water partition coefficient (Wildman–Crippen LogP) is 1.70. The second-order valence-corrected chi connectivity index (χ2v) is 3.08. The fourth-order valence-corrected chi connectivity index (χ4v) is 1.10. The number of carbonyl (C=O) groups excluding carboxylic acids is 1. The minimum atomic E-state index is -3.77. The average Bonchev–Trinajstić information content (AvgIpc) is 2.29. The van der Waals surface area contributed by atoms with Gasteiger partial charge >= 0.3 is 11.9 Å². The second-order valence-electron chi connectivity index (χ2n) is 3.08. The van der Waals surface area contributed by atoms with E-state index in [-0.39, 0.29) is 24.7 Å². The first-order valence-electron chi connectivity index (χ1n) is 4.71. The maximum atomic E-state index is 13.4. The van der Waals surface area contributed by atoms with Crippen LogP contribution in [0.1, 0.15) is 18.7 Å². The van der Waals surface area contributed by atoms with Crippen LogP contribution in [-0.2, 0) is 9.53 Å². The van der Waals surface area contributed by atoms with Gasteiger partial charge in [-0.25, -0.2) is 4.79 Å². The highest BCUT2D eigenvalue weighted by Crippen LogP contribution is 2.29. The Bertz CT molecular complexity index is 363. The van der Waals surface area contributed by atoms with Crippen molar-refractivity contribution in [3.05, 3.63) is 30.1 Å². The van der Waals surface area contributed by atoms with Gasteiger partial charge in [0.15, 0.2) is 0 Å². The third-order valence-corrected chi connectivity index (χ3v) is 1.94. The molecular formula is C10H13ClF2N2O2. The molecule has 0 bridgehead atoms. The molecule has 0 aliphatic rings. The maximum absolute atomic E-state index is 13.4. The molecular weight excluding hydrogens is 254 g/mol. The lowest BCUT2D eigenvalue weighted by atomic mass is 10.1. The molecule has 1 heterocycles. The lowest BCUT2D eigenvalue weighted by Gasteiger charge is -2.20. The lowest BCUT2D eigenvalue weighted by Crippen LogP contribution is -2.42. The van der Waals surface area contributed by atoms with Crippen LogP contribution in [0.5, 0.6) is 0 Å². The van der Waals surface area contributed by atoms with Gasteiger partial charge in [0.25, 0.3) is 0 Å². The number of hydrogen-bond donors (Lipinski definition) is 1. The van der Waals surface area contributed by atoms with E-state index in [0.717, 1.165) is 0 Å². The van der Waals surface area contributed by atoms with Gasteiger partial charge in [0.1, 0.15) is 6.04 Å². The van der Waals surface area contributed by atoms with Crippen molar-refractivity contribution in [2.75, 3.05) is 6.61 Å². The normalized spacial score (nSPS) is 12.5. The fourth-order valence-electron chi connectivity index (χ4n) is 1.10. The van der Waals surface area contributed by atoms with E-state index < -0.39 is 17.9 Å². The Labute approximate surface area is 104 Å². The first kappa shape index (κ1) is 15.7. The van der Waals surface area contributed by atoms with Crippen molar-refractivity contribution >= 4 is 18.4 Å². The van der Waals surface area contributed by atoms with Crippen molar-refractivity contribution in [1.82, 2.24) is 4.98 Å². The zero-order chi connectivity index (χ0) is 12.2. The molecule has 1 rings (SSSR count). The van der Waals surface area contributed by atoms with E-state index >= 15 is 0 Å². The van der Waals surface area contributed by atoms with Gasteiger partial charge in [-0.3, -0.25) is 4.98 Å². The molecule has 0 spiro atoms. The number of carbonyl (C=O) groups is 1. The summed E-state index contributed by atoms with van der Waals surface area (Å²) in [7, 11) is 0. The van der Waals surface area contributed by atoms with Crippen LogP contribution in [0, 0.1) is 0 Å². The molecule has 0 saturated heterocycles. The summed E-state index contributed by atoms with van der Waals surface area (Å²) < 4.78 is 31.1. The molecule has 4 nitrogen and oxygen atoms in total. The SMILES string of the molecule is CCOC(=O)C(F)(F)[C@H](N)c1ccccn1.Cl. The molecule has 0 fully saturated rings. The van der Waals surface area contributed by atoms with Gasteiger partial charge in [-0.05, 0) is 19.1 Å². The number of nitrogens with two attached hydrogens (primary N) is 1. The highest BCUT2D eigenvalue weighted by molar-refractivity contribution is 5.85. The summed E-state index contributed by atoms with van der Waals surface area (Å²) in [5, 5.41) is 0. The summed E-state index contributed by atoms with van der Waals surface area (Å²) in [6.07, 6.45) is 1.33. The largest absolute Gasteiger partial charge is 0.462 e. The van der Waals surface area contributed by atoms with Crippen LogP contribution >= 0.6 is 12.4 Å². The smallest absolute Gasteiger partial charge is 0.379 e. The molecule has 0 amide bonds. The van der Waals surface area contributed by atoms with Crippen LogP contribution < -0.4 is 5.73 Å². The first-order valence-corrected chi connectivity index (χ1v) is 4.71. The average molecular weight is 267 g/mol. The van der Waals surface area contributed by atoms with Crippen molar-refractivity contribution in [1.29, 1.82) is 0 Å². The number of alkyl halides is 2. The molecule has 1 atom stereocenters. The molecule has 1 aromatic rings. The summed E-state index contributed by atoms with van der Waals surface area (Å²) in [5.74, 6) is -5.40. The van der Waals surface area contributed by atoms with Gasteiger partial charge in [0.05, 0.1) is 12.3 Å². The van der Waals surface area contributed by atoms with Gasteiger partial charge in [-0.1, -0.05) is 6.07 Å². The Morgan fingerprint density at radius 1 is 1.59 bits per heavy atom. The minimum absolute atomic E-state index is 0. The lowest BCUT2D eigenvalue weighted by molar-refractivity contribution is -0.175. The molecule has 7 heteroatoms. The minimum Gasteiger partial charge on any atom is -0.462 e. The van der Waals surface area contributed by atoms with Crippen LogP contribution in [0.2, 0.25) is 0 Å². The number of pyridine rings is 1. The quantitative estimate of drug-likeness (QED) is 0.843. The van der Waals surface area contributed by atoms with Gasteiger partial charge in [-0.15, -0.1) is 12.4 Å². The van der Waals surface area contributed by atoms with E-state index in [2.05, 4.69) is 9.72 Å². The standard InChI is InChI=1S/C10H12F2N2O2.ClH/c1-2-16-9(15)10(11,12)8(13)7-5-3-4-6-14-7;/h3-6,8H,2,13H2,1H3;1H/t8-;/m1./s1. The van der Waals surface area contributed by atoms with E-state index in [4.69, 9.17) is 5.73 Å². The number of esters is 1. The second kappa shape index (κ2) is 6.46. The Morgan fingerprint density at radius 2 is 2.24 bits per heavy atom. The number of hydrogen-bond acceptors (Lipinski definition) is 4. The Morgan fingerprint density at radius 3 is 2.71 bits per heavy atom. The monoisotopic (exact) mass is 266 g/mol. The number of halogens is 3. The summed E-state index contributed by atoms with van der Waals surface area (Å²) in [5.41, 5.74) is 5.24. The third-order valence-electron chi connectivity index (χ3n) is 1.94. The van der Waals surface area contributed by atoms with Crippen LogP contribution in [0.25, 0.3) is 0 Å². The molecule has 17 heavy (non-hydrogen) atoms. The molecule has 0 saturated carbocycles. The number of nitrogens with zero attached hydrogens (tertiary/aromatic N) is 1. The third kappa shape index (κ3) is 3.61. The van der Waals surface area contributed by atoms with Crippen LogP contribution in [0.15, 0.2) is 24.4 Å². The Balaban J connectivity index is 0.00000256. The summed E-state index contributed by atoms with van der Waals surface area (Å²) in [6.45, 7) is 1.32. The van der Waals surface area contributed by atoms with E-state index in [0.29, 0.717) is 0 Å². The zero-order valence-corrected chi connectivity index (χ0v) is 9.92. The number of ether oxygens (including phenoxy) is 1. The highest BCUT2D eigenvalue weighted by atomic mass is 35.5. The van der Waals surface area contributed by atoms with Gasteiger partial charge < -0.3 is 10.5 Å². The molecule has 0 unspecified atom stereocenters. The van der Waals surface area contributed by atoms with Crippen LogP contribution in [0.4, 0.5) is 8.78 Å². The van der Waals surface area contributed by atoms with E-state index in [1.807, 2.05) is 0 Å². The van der Waals surface area contributed by atoms with Crippen molar-refractivity contribution in [2.45, 2.75) is 18.9 Å². The van der Waals surface area contributed by atoms with Crippen molar-refractivity contribution < 1.29 is 18.3 Å². The Kier molecular flexibility index (Phi) is 5.98. The summed E-state index contributed by atoms with van der Waals surface area (Å²) >= 11 is 0. The number of rotatable bonds is 4. The molecule has 1 aromatic heterocycles. The molecule has 2 N–H and O–H groups in total. The van der Waals surface area contributed by atoms with E-state index in [1.165, 1.54) is 25.3 Å².